The van der Waals surface area contributed by atoms with Crippen molar-refractivity contribution in [1.82, 2.24) is 20.2 Å². The van der Waals surface area contributed by atoms with Crippen LogP contribution in [-0.2, 0) is 52.1 Å². The van der Waals surface area contributed by atoms with Crippen LogP contribution in [0.5, 0.6) is 5.75 Å². The molecule has 19 nitrogen and oxygen atoms in total. The average molecular weight is 929 g/mol. The number of aliphatic hydroxyl groups excluding tert-OH is 2. The molecule has 1 amide bonds. The number of pyridine rings is 2. The second-order valence-corrected chi connectivity index (χ2v) is 17.4. The Labute approximate surface area is 386 Å². The van der Waals surface area contributed by atoms with Gasteiger partial charge in [-0.1, -0.05) is 39.0 Å². The summed E-state index contributed by atoms with van der Waals surface area (Å²) < 4.78 is 30.1. The number of aromatic nitrogens is 2. The van der Waals surface area contributed by atoms with E-state index in [-0.39, 0.29) is 72.6 Å². The van der Waals surface area contributed by atoms with Crippen molar-refractivity contribution < 1.29 is 48.3 Å². The molecular weight excluding hydrogens is 873 g/mol. The molecular formula is C46H56N8O11S. The Morgan fingerprint density at radius 3 is 2.50 bits per heavy atom. The minimum absolute atomic E-state index is 0.0657. The molecule has 0 aliphatic carbocycles. The van der Waals surface area contributed by atoms with Crippen LogP contribution in [0.2, 0.25) is 0 Å². The van der Waals surface area contributed by atoms with Crippen LogP contribution in [0, 0.1) is 5.92 Å². The van der Waals surface area contributed by atoms with E-state index in [1.165, 1.54) is 7.11 Å². The van der Waals surface area contributed by atoms with Crippen LogP contribution in [-0.4, -0.2) is 105 Å². The molecule has 0 radical (unpaired) electrons. The van der Waals surface area contributed by atoms with Crippen molar-refractivity contribution in [2.75, 3.05) is 19.0 Å². The number of thiocarbonyl (C=S) groups is 1. The van der Waals surface area contributed by atoms with Crippen LogP contribution < -0.4 is 37.7 Å². The van der Waals surface area contributed by atoms with Gasteiger partial charge < -0.3 is 65.9 Å². The highest BCUT2D eigenvalue weighted by molar-refractivity contribution is 7.80. The van der Waals surface area contributed by atoms with Gasteiger partial charge in [-0.05, 0) is 93.2 Å². The van der Waals surface area contributed by atoms with Gasteiger partial charge in [0.25, 0.3) is 5.56 Å². The molecule has 1 saturated heterocycles. The first-order chi connectivity index (χ1) is 31.5. The Bertz CT molecular complexity index is 2570. The van der Waals surface area contributed by atoms with Gasteiger partial charge in [-0.3, -0.25) is 14.6 Å². The van der Waals surface area contributed by atoms with E-state index in [9.17, 15) is 29.4 Å². The lowest BCUT2D eigenvalue weighted by molar-refractivity contribution is -0.272. The van der Waals surface area contributed by atoms with Crippen LogP contribution in [0.4, 0.5) is 5.69 Å². The zero-order valence-corrected chi connectivity index (χ0v) is 38.1. The minimum atomic E-state index is -2.00. The maximum Gasteiger partial charge on any atom is 0.355 e. The highest BCUT2D eigenvalue weighted by Gasteiger charge is 2.51. The maximum absolute atomic E-state index is 14.4. The number of aliphatic hydroxyl groups is 2. The molecule has 352 valence electrons. The molecule has 3 aliphatic rings. The number of anilines is 1. The summed E-state index contributed by atoms with van der Waals surface area (Å²) in [5, 5.41) is 30.9. The first kappa shape index (κ1) is 47.8. The summed E-state index contributed by atoms with van der Waals surface area (Å²) in [6, 6.07) is 15.6. The number of nitrogens with zero attached hydrogens (tertiary/aromatic N) is 3. The number of benzene rings is 2. The van der Waals surface area contributed by atoms with E-state index in [4.69, 9.17) is 52.4 Å². The fraction of sp³-hybridized carbons (Fsp3) is 0.457. The van der Waals surface area contributed by atoms with Gasteiger partial charge in [0, 0.05) is 35.9 Å². The number of amides is 1. The number of guanidine groups is 1. The van der Waals surface area contributed by atoms with Gasteiger partial charge in [-0.15, -0.1) is 0 Å². The molecule has 3 aliphatic heterocycles. The van der Waals surface area contributed by atoms with Crippen LogP contribution >= 0.6 is 12.2 Å². The molecule has 2 aromatic carbocycles. The lowest BCUT2D eigenvalue weighted by atomic mass is 9.85. The number of rotatable bonds is 16. The molecule has 5 heterocycles. The normalized spacial score (nSPS) is 22.8. The zero-order valence-electron chi connectivity index (χ0n) is 37.3. The fourth-order valence-corrected chi connectivity index (χ4v) is 8.76. The molecule has 8 atom stereocenters. The van der Waals surface area contributed by atoms with Crippen molar-refractivity contribution in [3.05, 3.63) is 87.7 Å². The maximum atomic E-state index is 14.4. The van der Waals surface area contributed by atoms with Gasteiger partial charge in [0.05, 0.1) is 35.1 Å². The van der Waals surface area contributed by atoms with Gasteiger partial charge in [-0.2, -0.15) is 0 Å². The van der Waals surface area contributed by atoms with Crippen molar-refractivity contribution in [3.8, 4) is 17.1 Å². The Morgan fingerprint density at radius 2 is 1.80 bits per heavy atom. The van der Waals surface area contributed by atoms with E-state index >= 15 is 0 Å². The lowest BCUT2D eigenvalue weighted by Gasteiger charge is -2.40. The summed E-state index contributed by atoms with van der Waals surface area (Å²) in [5.74, 6) is -2.21. The van der Waals surface area contributed by atoms with Crippen molar-refractivity contribution in [2.24, 2.45) is 22.4 Å². The number of aliphatic imine (C=N–C) groups is 1. The summed E-state index contributed by atoms with van der Waals surface area (Å²) in [6.45, 7) is 7.23. The van der Waals surface area contributed by atoms with Crippen molar-refractivity contribution in [3.63, 3.8) is 0 Å². The molecule has 9 N–H and O–H groups in total. The zero-order chi connectivity index (χ0) is 47.4. The summed E-state index contributed by atoms with van der Waals surface area (Å²) in [7, 11) is 1.38. The number of hydrogen-bond acceptors (Lipinski definition) is 14. The monoisotopic (exact) mass is 928 g/mol. The second kappa shape index (κ2) is 20.1. The Hall–Kier alpha value is -6.19. The molecule has 7 rings (SSSR count). The molecule has 66 heavy (non-hydrogen) atoms. The van der Waals surface area contributed by atoms with Crippen molar-refractivity contribution in [2.45, 2.75) is 115 Å². The van der Waals surface area contributed by atoms with Crippen LogP contribution in [0.25, 0.3) is 22.3 Å². The number of esters is 2. The number of nitrogens with two attached hydrogens (primary N) is 2. The number of para-hydroxylation sites is 1. The fourth-order valence-electron chi connectivity index (χ4n) is 8.50. The molecule has 0 spiro atoms. The van der Waals surface area contributed by atoms with Gasteiger partial charge in [0.15, 0.2) is 11.1 Å². The minimum Gasteiger partial charge on any atom is -0.462 e. The second-order valence-electron chi connectivity index (χ2n) is 17.0. The Kier molecular flexibility index (Phi) is 14.6. The standard InChI is InChI=1S/C46H56N8O11S/c1-6-46(30-20-34-35-26(19-25-10-7-8-11-31(25)51-35)21-54(34)40(58)29(30)22-62-43(46)60)65-41(59)33(18-23(2)3)52-39(57)32(12-9-17-49-44(47)48)53-45(66)50-27-13-15-28(16-14-27)64-42-37(56)38(61-5)36(55)24(4)63-42/h7-8,10-11,13-16,19-20,23-24,32-33,36-38,42,55-56H,6,9,12,17-18,21-22H2,1-5H3,(H,52,57)(H4,47,48,49)(H2,50,53,66)/t24-,32-,33+,36+,37-,38+,42?,46-/m0/s1. The predicted octanol–water partition coefficient (Wildman–Crippen LogP) is 2.43. The van der Waals surface area contributed by atoms with E-state index in [2.05, 4.69) is 20.9 Å². The third kappa shape index (κ3) is 9.97. The van der Waals surface area contributed by atoms with E-state index in [0.717, 1.165) is 16.5 Å². The molecule has 0 saturated carbocycles. The van der Waals surface area contributed by atoms with Gasteiger partial charge >= 0.3 is 11.9 Å². The highest BCUT2D eigenvalue weighted by atomic mass is 32.1. The molecule has 2 aromatic heterocycles. The van der Waals surface area contributed by atoms with E-state index in [1.54, 1.807) is 48.7 Å². The number of nitrogens with one attached hydrogen (secondary N) is 3. The van der Waals surface area contributed by atoms with Crippen LogP contribution in [0.3, 0.4) is 0 Å². The molecule has 20 heteroatoms. The smallest absolute Gasteiger partial charge is 0.355 e. The number of cyclic esters (lactones) is 1. The summed E-state index contributed by atoms with van der Waals surface area (Å²) in [5.41, 5.74) is 12.3. The van der Waals surface area contributed by atoms with Crippen molar-refractivity contribution in [1.29, 1.82) is 0 Å². The highest BCUT2D eigenvalue weighted by Crippen LogP contribution is 2.41. The van der Waals surface area contributed by atoms with E-state index in [0.29, 0.717) is 29.2 Å². The van der Waals surface area contributed by atoms with E-state index in [1.807, 2.05) is 44.2 Å². The first-order valence-corrected chi connectivity index (χ1v) is 22.2. The average Bonchev–Trinajstić information content (AvgIpc) is 3.64. The third-order valence-corrected chi connectivity index (χ3v) is 12.2. The number of ether oxygens (including phenoxy) is 5. The van der Waals surface area contributed by atoms with Gasteiger partial charge in [-0.25, -0.2) is 14.6 Å². The number of carbonyl (C=O) groups is 3. The van der Waals surface area contributed by atoms with Gasteiger partial charge in [0.1, 0.15) is 42.8 Å². The third-order valence-electron chi connectivity index (χ3n) is 12.0. The lowest BCUT2D eigenvalue weighted by Crippen LogP contribution is -2.59. The molecule has 4 aromatic rings. The van der Waals surface area contributed by atoms with Crippen LogP contribution in [0.1, 0.15) is 70.1 Å². The summed E-state index contributed by atoms with van der Waals surface area (Å²) in [6.07, 6.45) is -4.37. The number of fused-ring (bicyclic) bond motifs is 5. The number of carbonyl (C=O) groups excluding carboxylic acids is 3. The SMILES string of the molecule is CC[C@@]1(OC(=O)[C@@H](CC(C)C)NC(=O)[C@H](CCCN=C(N)N)NC(=S)Nc2ccc(OC3O[C@@H](C)[C@@H](O)[C@@H](OC)[C@@H]3O)cc2)C(=O)OCc2c1cc1n(c2=O)Cc2cc3ccccc3nc2-1. The topological polar surface area (TPSA) is 273 Å². The largest absolute Gasteiger partial charge is 0.462 e. The molecule has 1 unspecified atom stereocenters. The quantitative estimate of drug-likeness (QED) is 0.0246. The summed E-state index contributed by atoms with van der Waals surface area (Å²) in [4.78, 5) is 65.5. The predicted molar refractivity (Wildman–Crippen MR) is 247 cm³/mol. The first-order valence-electron chi connectivity index (χ1n) is 21.8. The van der Waals surface area contributed by atoms with E-state index < -0.39 is 66.2 Å². The molecule has 1 fully saturated rings. The van der Waals surface area contributed by atoms with Crippen molar-refractivity contribution >= 4 is 57.7 Å². The van der Waals surface area contributed by atoms with Gasteiger partial charge in [0.2, 0.25) is 17.8 Å². The molecule has 0 bridgehead atoms. The Morgan fingerprint density at radius 1 is 1.06 bits per heavy atom. The Balaban J connectivity index is 1.08. The summed E-state index contributed by atoms with van der Waals surface area (Å²) >= 11 is 5.63. The number of hydrogen-bond donors (Lipinski definition) is 7. The van der Waals surface area contributed by atoms with Crippen LogP contribution in [0.15, 0.2) is 70.5 Å². The number of methoxy groups -OCH3 is 1.